The van der Waals surface area contributed by atoms with E-state index in [-0.39, 0.29) is 1.43 Å². The number of hydrogen-bond donors (Lipinski definition) is 0. The summed E-state index contributed by atoms with van der Waals surface area (Å²) in [6.07, 6.45) is 0. The van der Waals surface area contributed by atoms with E-state index in [1.54, 1.807) is 0 Å². The van der Waals surface area contributed by atoms with Crippen molar-refractivity contribution in [2.75, 3.05) is 0 Å². The zero-order valence-corrected chi connectivity index (χ0v) is 13.2. The van der Waals surface area contributed by atoms with E-state index in [2.05, 4.69) is 91.0 Å². The van der Waals surface area contributed by atoms with E-state index in [9.17, 15) is 0 Å². The van der Waals surface area contributed by atoms with Crippen LogP contribution < -0.4 is 10.5 Å². The van der Waals surface area contributed by atoms with E-state index in [1.165, 1.54) is 10.5 Å². The van der Waals surface area contributed by atoms with Crippen molar-refractivity contribution in [3.63, 3.8) is 0 Å². The van der Waals surface area contributed by atoms with Gasteiger partial charge in [0, 0.05) is 0 Å². The Hall–Kier alpha value is -1.52. The first-order chi connectivity index (χ1) is 9.45. The van der Waals surface area contributed by atoms with E-state index < -0.39 is 20.2 Å². The van der Waals surface area contributed by atoms with Gasteiger partial charge in [-0.15, -0.1) is 0 Å². The molecule has 0 fully saturated rings. The summed E-state index contributed by atoms with van der Waals surface area (Å²) in [5.41, 5.74) is 0. The Balaban J connectivity index is 0.00000147. The first kappa shape index (κ1) is 12.5. The van der Waals surface area contributed by atoms with Gasteiger partial charge in [0.05, 0.1) is 0 Å². The second kappa shape index (κ2) is 6.08. The van der Waals surface area contributed by atoms with Crippen LogP contribution in [0.25, 0.3) is 0 Å². The zero-order valence-electron chi connectivity index (χ0n) is 11.6. The van der Waals surface area contributed by atoms with Crippen LogP contribution in [-0.2, 0) is 0 Å². The van der Waals surface area contributed by atoms with Crippen molar-refractivity contribution in [2.45, 2.75) is 0 Å². The standard InChI is InChI=1S/3C6H5.Sb.H/c3*1-2-4-6-5-3-1;;/h3*1-5H;;/q;;;;-1. The molecule has 0 saturated carbocycles. The van der Waals surface area contributed by atoms with Crippen LogP contribution in [0.1, 0.15) is 1.43 Å². The van der Waals surface area contributed by atoms with Gasteiger partial charge in [0.15, 0.2) is 0 Å². The van der Waals surface area contributed by atoms with E-state index in [0.717, 1.165) is 0 Å². The molecule has 0 N–H and O–H groups in total. The van der Waals surface area contributed by atoms with Gasteiger partial charge < -0.3 is 1.43 Å². The van der Waals surface area contributed by atoms with Crippen molar-refractivity contribution in [2.24, 2.45) is 0 Å². The maximum absolute atomic E-state index is 2.28. The molecule has 19 heavy (non-hydrogen) atoms. The molecule has 0 spiro atoms. The van der Waals surface area contributed by atoms with Crippen molar-refractivity contribution in [1.82, 2.24) is 0 Å². The molecule has 0 atom stereocenters. The fourth-order valence-electron chi connectivity index (χ4n) is 2.18. The molecule has 0 heterocycles. The Morgan fingerprint density at radius 2 is 0.684 bits per heavy atom. The molecule has 0 aliphatic rings. The minimum atomic E-state index is -1.83. The molecule has 0 saturated heterocycles. The van der Waals surface area contributed by atoms with Gasteiger partial charge in [0.25, 0.3) is 0 Å². The summed E-state index contributed by atoms with van der Waals surface area (Å²) in [7, 11) is 0. The van der Waals surface area contributed by atoms with Crippen LogP contribution in [0.2, 0.25) is 0 Å². The van der Waals surface area contributed by atoms with Crippen LogP contribution in [0.5, 0.6) is 0 Å². The van der Waals surface area contributed by atoms with Gasteiger partial charge in [-0.2, -0.15) is 0 Å². The summed E-state index contributed by atoms with van der Waals surface area (Å²) < 4.78 is 4.55. The Kier molecular flexibility index (Phi) is 4.00. The first-order valence-corrected chi connectivity index (χ1v) is 10.2. The molecular weight excluding hydrogens is 338 g/mol. The third-order valence-corrected chi connectivity index (χ3v) is 10.0. The summed E-state index contributed by atoms with van der Waals surface area (Å²) in [6, 6.07) is 32.9. The molecule has 0 bridgehead atoms. The van der Waals surface area contributed by atoms with E-state index in [0.29, 0.717) is 0 Å². The third-order valence-electron chi connectivity index (χ3n) is 3.04. The molecule has 0 aliphatic carbocycles. The zero-order chi connectivity index (χ0) is 12.9. The van der Waals surface area contributed by atoms with Gasteiger partial charge in [0.1, 0.15) is 0 Å². The normalized spacial score (nSPS) is 10.6. The van der Waals surface area contributed by atoms with Crippen molar-refractivity contribution in [1.29, 1.82) is 0 Å². The topological polar surface area (TPSA) is 0 Å². The van der Waals surface area contributed by atoms with Crippen LogP contribution >= 0.6 is 0 Å². The third kappa shape index (κ3) is 2.91. The molecule has 0 aromatic heterocycles. The monoisotopic (exact) mass is 353 g/mol. The van der Waals surface area contributed by atoms with E-state index in [4.69, 9.17) is 0 Å². The number of rotatable bonds is 3. The molecule has 0 radical (unpaired) electrons. The number of hydrogen-bond acceptors (Lipinski definition) is 0. The predicted octanol–water partition coefficient (Wildman–Crippen LogP) is 2.32. The molecular formula is C18H16Sb-. The van der Waals surface area contributed by atoms with Crippen LogP contribution in [0.4, 0.5) is 0 Å². The van der Waals surface area contributed by atoms with Crippen molar-refractivity contribution in [3.05, 3.63) is 91.0 Å². The molecule has 0 unspecified atom stereocenters. The van der Waals surface area contributed by atoms with Crippen LogP contribution in [0, 0.1) is 0 Å². The SMILES string of the molecule is [H-].c1cc[c]([Sb]([c]2ccccc2)[c]2ccccc2)cc1. The van der Waals surface area contributed by atoms with Crippen LogP contribution in [0.3, 0.4) is 0 Å². The fraction of sp³-hybridized carbons (Fsp3) is 0. The second-order valence-corrected chi connectivity index (χ2v) is 10.7. The summed E-state index contributed by atoms with van der Waals surface area (Å²) in [4.78, 5) is 0. The molecule has 94 valence electrons. The number of benzene rings is 3. The molecule has 0 nitrogen and oxygen atoms in total. The van der Waals surface area contributed by atoms with Gasteiger partial charge in [-0.05, 0) is 0 Å². The molecule has 0 amide bonds. The van der Waals surface area contributed by atoms with E-state index >= 15 is 0 Å². The van der Waals surface area contributed by atoms with Gasteiger partial charge in [-0.1, -0.05) is 0 Å². The van der Waals surface area contributed by atoms with Crippen molar-refractivity contribution < 1.29 is 1.43 Å². The molecule has 3 aromatic rings. The Bertz CT molecular complexity index is 529. The van der Waals surface area contributed by atoms with Gasteiger partial charge in [0.2, 0.25) is 0 Å². The maximum atomic E-state index is 2.28. The van der Waals surface area contributed by atoms with Crippen molar-refractivity contribution >= 4 is 30.7 Å². The Morgan fingerprint density at radius 3 is 0.947 bits per heavy atom. The van der Waals surface area contributed by atoms with Gasteiger partial charge in [-0.25, -0.2) is 0 Å². The Morgan fingerprint density at radius 1 is 0.421 bits per heavy atom. The molecule has 1 heteroatoms. The van der Waals surface area contributed by atoms with E-state index in [1.807, 2.05) is 0 Å². The molecule has 0 aliphatic heterocycles. The summed E-state index contributed by atoms with van der Waals surface area (Å²) in [5, 5.41) is 0. The average Bonchev–Trinajstić information content (AvgIpc) is 2.51. The summed E-state index contributed by atoms with van der Waals surface area (Å²) in [6.45, 7) is 0. The average molecular weight is 354 g/mol. The Labute approximate surface area is 123 Å². The summed E-state index contributed by atoms with van der Waals surface area (Å²) >= 11 is -1.83. The molecule has 3 aromatic carbocycles. The second-order valence-electron chi connectivity index (χ2n) is 4.34. The van der Waals surface area contributed by atoms with Gasteiger partial charge >= 0.3 is 122 Å². The minimum absolute atomic E-state index is 0. The predicted molar refractivity (Wildman–Crippen MR) is 85.1 cm³/mol. The fourth-order valence-corrected chi connectivity index (χ4v) is 8.76. The van der Waals surface area contributed by atoms with Crippen molar-refractivity contribution in [3.8, 4) is 0 Å². The quantitative estimate of drug-likeness (QED) is 0.634. The molecule has 3 rings (SSSR count). The summed E-state index contributed by atoms with van der Waals surface area (Å²) in [5.74, 6) is 0. The first-order valence-electron chi connectivity index (χ1n) is 6.40. The van der Waals surface area contributed by atoms with Crippen LogP contribution in [0.15, 0.2) is 91.0 Å². The van der Waals surface area contributed by atoms with Gasteiger partial charge in [-0.3, -0.25) is 0 Å². The van der Waals surface area contributed by atoms with Crippen LogP contribution in [-0.4, -0.2) is 20.2 Å².